The monoisotopic (exact) mass is 232 g/mol. The molecule has 1 aliphatic carbocycles. The van der Waals surface area contributed by atoms with E-state index < -0.39 is 0 Å². The van der Waals surface area contributed by atoms with Gasteiger partial charge in [-0.05, 0) is 44.3 Å². The van der Waals surface area contributed by atoms with Crippen LogP contribution < -0.4 is 0 Å². The van der Waals surface area contributed by atoms with E-state index in [2.05, 4.69) is 52.8 Å². The number of hydrogen-bond acceptors (Lipinski definition) is 2. The van der Waals surface area contributed by atoms with Gasteiger partial charge in [-0.15, -0.1) is 0 Å². The molecule has 94 valence electrons. The lowest BCUT2D eigenvalue weighted by atomic mass is 9.71. The Labute approximate surface area is 105 Å². The summed E-state index contributed by atoms with van der Waals surface area (Å²) in [6.07, 6.45) is 4.54. The molecule has 1 atom stereocenters. The highest BCUT2D eigenvalue weighted by Gasteiger charge is 2.43. The van der Waals surface area contributed by atoms with Crippen LogP contribution in [0.25, 0.3) is 0 Å². The third kappa shape index (κ3) is 1.74. The second-order valence-corrected chi connectivity index (χ2v) is 5.85. The van der Waals surface area contributed by atoms with Crippen LogP contribution in [-0.4, -0.2) is 17.8 Å². The molecule has 2 nitrogen and oxygen atoms in total. The molecule has 1 aliphatic heterocycles. The van der Waals surface area contributed by atoms with Crippen LogP contribution >= 0.6 is 0 Å². The largest absolute Gasteiger partial charge is 0.272 e. The number of nitrogens with zero attached hydrogens (tertiary/aromatic N) is 2. The van der Waals surface area contributed by atoms with Crippen LogP contribution in [-0.2, 0) is 0 Å². The third-order valence-electron chi connectivity index (χ3n) is 4.18. The topological polar surface area (TPSA) is 15.6 Å². The van der Waals surface area contributed by atoms with E-state index >= 15 is 0 Å². The molecule has 1 unspecified atom stereocenters. The molecule has 2 aliphatic rings. The van der Waals surface area contributed by atoms with Crippen molar-refractivity contribution < 1.29 is 0 Å². The summed E-state index contributed by atoms with van der Waals surface area (Å²) in [4.78, 5) is 0. The van der Waals surface area contributed by atoms with Crippen molar-refractivity contribution in [2.45, 2.75) is 47.5 Å². The Balaban J connectivity index is 2.47. The highest BCUT2D eigenvalue weighted by atomic mass is 15.5. The van der Waals surface area contributed by atoms with E-state index in [1.807, 2.05) is 0 Å². The molecule has 0 fully saturated rings. The van der Waals surface area contributed by atoms with Gasteiger partial charge in [0.25, 0.3) is 0 Å². The molecule has 0 amide bonds. The minimum Gasteiger partial charge on any atom is -0.272 e. The molecule has 0 bridgehead atoms. The summed E-state index contributed by atoms with van der Waals surface area (Å²) >= 11 is 0. The number of rotatable bonds is 2. The van der Waals surface area contributed by atoms with Crippen molar-refractivity contribution in [1.82, 2.24) is 5.01 Å². The van der Waals surface area contributed by atoms with E-state index in [0.717, 1.165) is 12.8 Å². The van der Waals surface area contributed by atoms with Crippen molar-refractivity contribution >= 4 is 5.71 Å². The molecule has 0 N–H and O–H groups in total. The molecule has 2 heteroatoms. The van der Waals surface area contributed by atoms with Gasteiger partial charge in [0.2, 0.25) is 0 Å². The van der Waals surface area contributed by atoms with Crippen LogP contribution in [0.4, 0.5) is 0 Å². The van der Waals surface area contributed by atoms with Crippen LogP contribution in [0.2, 0.25) is 0 Å². The average molecular weight is 232 g/mol. The lowest BCUT2D eigenvalue weighted by Gasteiger charge is -2.34. The van der Waals surface area contributed by atoms with Gasteiger partial charge in [-0.25, -0.2) is 0 Å². The second-order valence-electron chi connectivity index (χ2n) is 5.85. The SMILES string of the molecule is CCC1=NN(C)C2=CC(C(C)C)=C(C)CC21C. The van der Waals surface area contributed by atoms with Crippen molar-refractivity contribution in [2.24, 2.45) is 16.4 Å². The van der Waals surface area contributed by atoms with Gasteiger partial charge in [0.15, 0.2) is 0 Å². The van der Waals surface area contributed by atoms with Crippen LogP contribution in [0.3, 0.4) is 0 Å². The summed E-state index contributed by atoms with van der Waals surface area (Å²) in [7, 11) is 2.07. The zero-order valence-electron chi connectivity index (χ0n) is 12.0. The number of hydrogen-bond donors (Lipinski definition) is 0. The van der Waals surface area contributed by atoms with E-state index in [4.69, 9.17) is 5.10 Å². The Bertz CT molecular complexity index is 426. The Morgan fingerprint density at radius 2 is 2.12 bits per heavy atom. The normalized spacial score (nSPS) is 28.5. The van der Waals surface area contributed by atoms with Gasteiger partial charge in [0.05, 0.1) is 11.1 Å². The van der Waals surface area contributed by atoms with Crippen LogP contribution in [0, 0.1) is 11.3 Å². The number of hydrazone groups is 1. The first-order valence-electron chi connectivity index (χ1n) is 6.63. The Morgan fingerprint density at radius 1 is 1.47 bits per heavy atom. The molecule has 0 saturated carbocycles. The second kappa shape index (κ2) is 4.01. The maximum Gasteiger partial charge on any atom is 0.0531 e. The molecule has 0 aromatic carbocycles. The summed E-state index contributed by atoms with van der Waals surface area (Å²) in [5.41, 5.74) is 5.88. The minimum absolute atomic E-state index is 0.145. The zero-order chi connectivity index (χ0) is 12.8. The third-order valence-corrected chi connectivity index (χ3v) is 4.18. The highest BCUT2D eigenvalue weighted by Crippen LogP contribution is 2.47. The summed E-state index contributed by atoms with van der Waals surface area (Å²) < 4.78 is 0. The molecule has 1 heterocycles. The fourth-order valence-electron chi connectivity index (χ4n) is 3.32. The molecule has 0 aromatic heterocycles. The van der Waals surface area contributed by atoms with Crippen molar-refractivity contribution in [3.63, 3.8) is 0 Å². The van der Waals surface area contributed by atoms with E-state index in [9.17, 15) is 0 Å². The highest BCUT2D eigenvalue weighted by molar-refractivity contribution is 5.94. The summed E-state index contributed by atoms with van der Waals surface area (Å²) in [6.45, 7) is 11.4. The van der Waals surface area contributed by atoms with Crippen LogP contribution in [0.5, 0.6) is 0 Å². The van der Waals surface area contributed by atoms with Crippen LogP contribution in [0.15, 0.2) is 28.0 Å². The molecule has 0 spiro atoms. The van der Waals surface area contributed by atoms with E-state index in [0.29, 0.717) is 5.92 Å². The maximum absolute atomic E-state index is 4.71. The first-order valence-corrected chi connectivity index (χ1v) is 6.63. The number of fused-ring (bicyclic) bond motifs is 1. The summed E-state index contributed by atoms with van der Waals surface area (Å²) in [5.74, 6) is 0.603. The van der Waals surface area contributed by atoms with Crippen molar-refractivity contribution in [2.75, 3.05) is 7.05 Å². The minimum atomic E-state index is 0.145. The number of allylic oxidation sites excluding steroid dienone is 4. The first-order chi connectivity index (χ1) is 7.90. The first kappa shape index (κ1) is 12.4. The zero-order valence-corrected chi connectivity index (χ0v) is 12.0. The van der Waals surface area contributed by atoms with Gasteiger partial charge < -0.3 is 0 Å². The molecule has 0 radical (unpaired) electrons. The van der Waals surface area contributed by atoms with Gasteiger partial charge in [0.1, 0.15) is 0 Å². The molecular weight excluding hydrogens is 208 g/mol. The van der Waals surface area contributed by atoms with Gasteiger partial charge in [-0.1, -0.05) is 26.3 Å². The van der Waals surface area contributed by atoms with E-state index in [1.165, 1.54) is 22.6 Å². The van der Waals surface area contributed by atoms with Gasteiger partial charge in [0, 0.05) is 12.7 Å². The molecular formula is C15H24N2. The van der Waals surface area contributed by atoms with Gasteiger partial charge in [-0.3, -0.25) is 5.01 Å². The standard InChI is InChI=1S/C15H24N2/c1-7-13-15(5)9-11(4)12(10(2)3)8-14(15)17(6)16-13/h8,10H,7,9H2,1-6H3. The van der Waals surface area contributed by atoms with Crippen molar-refractivity contribution in [3.05, 3.63) is 22.9 Å². The van der Waals surface area contributed by atoms with Crippen molar-refractivity contribution in [3.8, 4) is 0 Å². The van der Waals surface area contributed by atoms with Crippen LogP contribution in [0.1, 0.15) is 47.5 Å². The lowest BCUT2D eigenvalue weighted by Crippen LogP contribution is -2.31. The fourth-order valence-corrected chi connectivity index (χ4v) is 3.32. The Kier molecular flexibility index (Phi) is 2.92. The van der Waals surface area contributed by atoms with Gasteiger partial charge in [-0.2, -0.15) is 5.10 Å². The fraction of sp³-hybridized carbons (Fsp3) is 0.667. The summed E-state index contributed by atoms with van der Waals surface area (Å²) in [5, 5.41) is 6.78. The van der Waals surface area contributed by atoms with E-state index in [-0.39, 0.29) is 5.41 Å². The smallest absolute Gasteiger partial charge is 0.0531 e. The van der Waals surface area contributed by atoms with Crippen molar-refractivity contribution in [1.29, 1.82) is 0 Å². The predicted octanol–water partition coefficient (Wildman–Crippen LogP) is 3.96. The quantitative estimate of drug-likeness (QED) is 0.703. The molecule has 0 aromatic rings. The Hall–Kier alpha value is -1.05. The Morgan fingerprint density at radius 3 is 2.65 bits per heavy atom. The predicted molar refractivity (Wildman–Crippen MR) is 73.8 cm³/mol. The van der Waals surface area contributed by atoms with E-state index in [1.54, 1.807) is 0 Å². The summed E-state index contributed by atoms with van der Waals surface area (Å²) in [6, 6.07) is 0. The average Bonchev–Trinajstić information content (AvgIpc) is 2.48. The molecule has 0 saturated heterocycles. The maximum atomic E-state index is 4.71. The molecule has 17 heavy (non-hydrogen) atoms. The molecule has 2 rings (SSSR count). The lowest BCUT2D eigenvalue weighted by molar-refractivity contribution is 0.383. The van der Waals surface area contributed by atoms with Gasteiger partial charge >= 0.3 is 0 Å².